The Bertz CT molecular complexity index is 471. The molecule has 1 N–H and O–H groups in total. The van der Waals surface area contributed by atoms with Crippen LogP contribution in [-0.4, -0.2) is 38.9 Å². The maximum atomic E-state index is 12.6. The Hall–Kier alpha value is -0.910. The second-order valence-corrected chi connectivity index (χ2v) is 6.53. The van der Waals surface area contributed by atoms with Gasteiger partial charge in [-0.3, -0.25) is 0 Å². The van der Waals surface area contributed by atoms with E-state index in [0.717, 1.165) is 19.3 Å². The average Bonchev–Trinajstić information content (AvgIpc) is 2.41. The summed E-state index contributed by atoms with van der Waals surface area (Å²) in [5, 5.41) is 3.08. The highest BCUT2D eigenvalue weighted by molar-refractivity contribution is 7.89. The fraction of sp³-hybridized carbons (Fsp3) is 0.538. The molecule has 4 nitrogen and oxygen atoms in total. The molecule has 0 amide bonds. The summed E-state index contributed by atoms with van der Waals surface area (Å²) in [5.41, 5.74) is 0. The third-order valence-electron chi connectivity index (χ3n) is 3.36. The third kappa shape index (κ3) is 2.74. The van der Waals surface area contributed by atoms with E-state index in [4.69, 9.17) is 0 Å². The van der Waals surface area contributed by atoms with Gasteiger partial charge in [-0.25, -0.2) is 8.42 Å². The van der Waals surface area contributed by atoms with E-state index < -0.39 is 10.0 Å². The van der Waals surface area contributed by atoms with Crippen molar-refractivity contribution in [1.82, 2.24) is 9.62 Å². The summed E-state index contributed by atoms with van der Waals surface area (Å²) in [7, 11) is -1.48. The number of nitrogens with zero attached hydrogens (tertiary/aromatic N) is 1. The van der Waals surface area contributed by atoms with Crippen molar-refractivity contribution in [3.63, 3.8) is 0 Å². The van der Waals surface area contributed by atoms with Crippen LogP contribution in [0.15, 0.2) is 35.2 Å². The van der Waals surface area contributed by atoms with Crippen molar-refractivity contribution in [2.45, 2.75) is 30.2 Å². The lowest BCUT2D eigenvalue weighted by Crippen LogP contribution is -2.47. The van der Waals surface area contributed by atoms with Gasteiger partial charge in [-0.15, -0.1) is 0 Å². The van der Waals surface area contributed by atoms with E-state index in [2.05, 4.69) is 5.32 Å². The lowest BCUT2D eigenvalue weighted by molar-refractivity contribution is 0.249. The van der Waals surface area contributed by atoms with Gasteiger partial charge in [0.25, 0.3) is 0 Å². The highest BCUT2D eigenvalue weighted by atomic mass is 32.2. The van der Waals surface area contributed by atoms with Gasteiger partial charge in [0.15, 0.2) is 0 Å². The predicted octanol–water partition coefficient (Wildman–Crippen LogP) is 1.45. The lowest BCUT2D eigenvalue weighted by Gasteiger charge is -2.34. The molecule has 1 heterocycles. The molecule has 1 aliphatic heterocycles. The summed E-state index contributed by atoms with van der Waals surface area (Å²) >= 11 is 0. The Kier molecular flexibility index (Phi) is 4.37. The normalized spacial score (nSPS) is 21.9. The van der Waals surface area contributed by atoms with Crippen molar-refractivity contribution < 1.29 is 8.42 Å². The smallest absolute Gasteiger partial charge is 0.243 e. The second-order valence-electron chi connectivity index (χ2n) is 4.64. The fourth-order valence-corrected chi connectivity index (χ4v) is 4.17. The van der Waals surface area contributed by atoms with Gasteiger partial charge in [0.1, 0.15) is 0 Å². The van der Waals surface area contributed by atoms with Crippen LogP contribution in [0, 0.1) is 0 Å². The summed E-state index contributed by atoms with van der Waals surface area (Å²) in [5.74, 6) is 0. The van der Waals surface area contributed by atoms with Crippen LogP contribution in [0.2, 0.25) is 0 Å². The van der Waals surface area contributed by atoms with Gasteiger partial charge in [-0.05, 0) is 32.0 Å². The molecule has 2 rings (SSSR count). The Morgan fingerprint density at radius 3 is 2.67 bits per heavy atom. The van der Waals surface area contributed by atoms with E-state index >= 15 is 0 Å². The minimum absolute atomic E-state index is 0.0777. The van der Waals surface area contributed by atoms with Crippen LogP contribution in [0.25, 0.3) is 0 Å². The summed E-state index contributed by atoms with van der Waals surface area (Å²) in [6, 6.07) is 8.78. The lowest BCUT2D eigenvalue weighted by atomic mass is 10.1. The van der Waals surface area contributed by atoms with Gasteiger partial charge in [0.05, 0.1) is 4.90 Å². The molecule has 100 valence electrons. The van der Waals surface area contributed by atoms with Crippen molar-refractivity contribution >= 4 is 10.0 Å². The number of hydrogen-bond acceptors (Lipinski definition) is 3. The van der Waals surface area contributed by atoms with Crippen LogP contribution in [0.5, 0.6) is 0 Å². The van der Waals surface area contributed by atoms with Crippen LogP contribution >= 0.6 is 0 Å². The molecule has 1 fully saturated rings. The summed E-state index contributed by atoms with van der Waals surface area (Å²) < 4.78 is 26.8. The van der Waals surface area contributed by atoms with E-state index in [1.54, 1.807) is 28.6 Å². The molecule has 1 aliphatic rings. The van der Waals surface area contributed by atoms with Crippen molar-refractivity contribution in [2.75, 3.05) is 20.1 Å². The minimum atomic E-state index is -3.34. The quantitative estimate of drug-likeness (QED) is 0.899. The van der Waals surface area contributed by atoms with Crippen LogP contribution < -0.4 is 5.32 Å². The van der Waals surface area contributed by atoms with Gasteiger partial charge < -0.3 is 5.32 Å². The van der Waals surface area contributed by atoms with Crippen LogP contribution in [-0.2, 0) is 10.0 Å². The van der Waals surface area contributed by atoms with Crippen LogP contribution in [0.3, 0.4) is 0 Å². The Morgan fingerprint density at radius 1 is 1.28 bits per heavy atom. The molecular weight excluding hydrogens is 248 g/mol. The molecule has 0 saturated carbocycles. The first-order chi connectivity index (χ1) is 8.66. The van der Waals surface area contributed by atoms with Crippen molar-refractivity contribution in [1.29, 1.82) is 0 Å². The Balaban J connectivity index is 2.27. The molecule has 0 spiro atoms. The Labute approximate surface area is 109 Å². The van der Waals surface area contributed by atoms with E-state index in [1.807, 2.05) is 13.1 Å². The number of sulfonamides is 1. The van der Waals surface area contributed by atoms with Crippen LogP contribution in [0.1, 0.15) is 19.3 Å². The van der Waals surface area contributed by atoms with Crippen molar-refractivity contribution in [3.8, 4) is 0 Å². The molecule has 0 bridgehead atoms. The van der Waals surface area contributed by atoms with Gasteiger partial charge in [0.2, 0.25) is 10.0 Å². The minimum Gasteiger partial charge on any atom is -0.318 e. The molecule has 1 aromatic rings. The molecule has 1 atom stereocenters. The monoisotopic (exact) mass is 268 g/mol. The van der Waals surface area contributed by atoms with E-state index in [0.29, 0.717) is 18.0 Å². The number of likely N-dealkylation sites (N-methyl/N-ethyl adjacent to an activating group) is 1. The Morgan fingerprint density at radius 2 is 2.00 bits per heavy atom. The first-order valence-corrected chi connectivity index (χ1v) is 7.82. The van der Waals surface area contributed by atoms with Crippen molar-refractivity contribution in [3.05, 3.63) is 30.3 Å². The van der Waals surface area contributed by atoms with Gasteiger partial charge in [-0.2, -0.15) is 4.31 Å². The highest BCUT2D eigenvalue weighted by Crippen LogP contribution is 2.24. The second kappa shape index (κ2) is 5.82. The summed E-state index contributed by atoms with van der Waals surface area (Å²) in [6.07, 6.45) is 2.99. The maximum Gasteiger partial charge on any atom is 0.243 e. The first kappa shape index (κ1) is 13.5. The number of benzene rings is 1. The summed E-state index contributed by atoms with van der Waals surface area (Å²) in [4.78, 5) is 0.396. The number of rotatable bonds is 4. The molecule has 0 radical (unpaired) electrons. The predicted molar refractivity (Wildman–Crippen MR) is 71.9 cm³/mol. The largest absolute Gasteiger partial charge is 0.318 e. The third-order valence-corrected chi connectivity index (χ3v) is 5.33. The standard InChI is InChI=1S/C13H20N2O2S/c1-14-11-12-7-5-6-10-15(12)18(16,17)13-8-3-2-4-9-13/h2-4,8-9,12,14H,5-7,10-11H2,1H3. The zero-order valence-electron chi connectivity index (χ0n) is 10.7. The van der Waals surface area contributed by atoms with Crippen LogP contribution in [0.4, 0.5) is 0 Å². The van der Waals surface area contributed by atoms with E-state index in [9.17, 15) is 8.42 Å². The molecule has 1 unspecified atom stereocenters. The van der Waals surface area contributed by atoms with Gasteiger partial charge in [0, 0.05) is 19.1 Å². The van der Waals surface area contributed by atoms with E-state index in [1.165, 1.54) is 0 Å². The molecule has 0 aromatic heterocycles. The number of piperidine rings is 1. The number of nitrogens with one attached hydrogen (secondary N) is 1. The molecule has 5 heteroatoms. The average molecular weight is 268 g/mol. The molecule has 18 heavy (non-hydrogen) atoms. The fourth-order valence-electron chi connectivity index (χ4n) is 2.46. The molecular formula is C13H20N2O2S. The zero-order valence-corrected chi connectivity index (χ0v) is 11.5. The zero-order chi connectivity index (χ0) is 13.0. The van der Waals surface area contributed by atoms with Crippen molar-refractivity contribution in [2.24, 2.45) is 0 Å². The molecule has 1 aromatic carbocycles. The van der Waals surface area contributed by atoms with Gasteiger partial charge in [-0.1, -0.05) is 24.6 Å². The van der Waals surface area contributed by atoms with Gasteiger partial charge >= 0.3 is 0 Å². The number of hydrogen-bond donors (Lipinski definition) is 1. The topological polar surface area (TPSA) is 49.4 Å². The molecule has 0 aliphatic carbocycles. The maximum absolute atomic E-state index is 12.6. The molecule has 1 saturated heterocycles. The summed E-state index contributed by atoms with van der Waals surface area (Å²) in [6.45, 7) is 1.34. The highest BCUT2D eigenvalue weighted by Gasteiger charge is 2.32. The first-order valence-electron chi connectivity index (χ1n) is 6.38. The van der Waals surface area contributed by atoms with E-state index in [-0.39, 0.29) is 6.04 Å². The SMILES string of the molecule is CNCC1CCCCN1S(=O)(=O)c1ccccc1.